The van der Waals surface area contributed by atoms with Gasteiger partial charge in [-0.2, -0.15) is 4.98 Å². The summed E-state index contributed by atoms with van der Waals surface area (Å²) in [6, 6.07) is 4.64. The molecule has 1 amide bonds. The van der Waals surface area contributed by atoms with E-state index in [4.69, 9.17) is 14.7 Å². The van der Waals surface area contributed by atoms with Gasteiger partial charge in [-0.15, -0.1) is 0 Å². The fourth-order valence-electron chi connectivity index (χ4n) is 2.14. The minimum atomic E-state index is -0.322. The number of nitrogens with zero attached hydrogens (tertiary/aromatic N) is 3. The Bertz CT molecular complexity index is 899. The van der Waals surface area contributed by atoms with Crippen molar-refractivity contribution in [2.75, 3.05) is 12.3 Å². The van der Waals surface area contributed by atoms with Crippen LogP contribution in [0.25, 0.3) is 11.6 Å². The van der Waals surface area contributed by atoms with E-state index in [-0.39, 0.29) is 23.7 Å². The van der Waals surface area contributed by atoms with Gasteiger partial charge in [0, 0.05) is 31.9 Å². The number of aromatic nitrogens is 4. The van der Waals surface area contributed by atoms with Crippen LogP contribution in [0.4, 0.5) is 5.82 Å². The maximum absolute atomic E-state index is 11.8. The van der Waals surface area contributed by atoms with Crippen molar-refractivity contribution in [3.8, 4) is 11.6 Å². The molecule has 0 unspecified atom stereocenters. The highest BCUT2D eigenvalue weighted by atomic mass is 16.5. The second kappa shape index (κ2) is 7.43. The van der Waals surface area contributed by atoms with Crippen LogP contribution in [0.5, 0.6) is 0 Å². The second-order valence-corrected chi connectivity index (χ2v) is 5.21. The van der Waals surface area contributed by atoms with Crippen molar-refractivity contribution >= 4 is 11.7 Å². The van der Waals surface area contributed by atoms with Gasteiger partial charge in [-0.3, -0.25) is 9.59 Å². The number of H-pyrrole nitrogens is 1. The van der Waals surface area contributed by atoms with Crippen LogP contribution in [-0.2, 0) is 17.6 Å². The predicted molar refractivity (Wildman–Crippen MR) is 86.3 cm³/mol. The zero-order valence-electron chi connectivity index (χ0n) is 13.2. The van der Waals surface area contributed by atoms with Gasteiger partial charge in [0.25, 0.3) is 5.56 Å². The molecule has 0 fully saturated rings. The van der Waals surface area contributed by atoms with Crippen molar-refractivity contribution in [3.05, 3.63) is 46.5 Å². The van der Waals surface area contributed by atoms with Gasteiger partial charge in [-0.05, 0) is 12.1 Å². The van der Waals surface area contributed by atoms with Gasteiger partial charge in [-0.25, -0.2) is 4.98 Å². The van der Waals surface area contributed by atoms with Crippen molar-refractivity contribution in [2.45, 2.75) is 19.3 Å². The molecule has 4 N–H and O–H groups in total. The van der Waals surface area contributed by atoms with E-state index in [9.17, 15) is 9.59 Å². The summed E-state index contributed by atoms with van der Waals surface area (Å²) in [5, 5.41) is 6.51. The van der Waals surface area contributed by atoms with E-state index in [0.717, 1.165) is 0 Å². The third kappa shape index (κ3) is 4.53. The van der Waals surface area contributed by atoms with Crippen LogP contribution in [-0.4, -0.2) is 32.6 Å². The summed E-state index contributed by atoms with van der Waals surface area (Å²) in [5.41, 5.74) is 5.17. The molecular formula is C15H16N6O4. The van der Waals surface area contributed by atoms with E-state index in [1.807, 2.05) is 0 Å². The summed E-state index contributed by atoms with van der Waals surface area (Å²) < 4.78 is 10.2. The molecule has 3 aromatic rings. The van der Waals surface area contributed by atoms with E-state index in [0.29, 0.717) is 42.7 Å². The molecule has 10 nitrogen and oxygen atoms in total. The van der Waals surface area contributed by atoms with Crippen molar-refractivity contribution in [1.29, 1.82) is 0 Å². The fourth-order valence-corrected chi connectivity index (χ4v) is 2.14. The van der Waals surface area contributed by atoms with Gasteiger partial charge in [-0.1, -0.05) is 5.16 Å². The standard InChI is InChI=1S/C15H16N6O4/c16-10-8-13(23)19-11(18-10)5-6-17-12(22)3-4-14-20-15(21-25-14)9-2-1-7-24-9/h1-2,7-8H,3-6H2,(H,17,22)(H3,16,18,19,23). The highest BCUT2D eigenvalue weighted by Gasteiger charge is 2.12. The lowest BCUT2D eigenvalue weighted by Crippen LogP contribution is -2.27. The first-order valence-electron chi connectivity index (χ1n) is 7.59. The quantitative estimate of drug-likeness (QED) is 0.552. The Morgan fingerprint density at radius 1 is 1.32 bits per heavy atom. The Hall–Kier alpha value is -3.43. The first kappa shape index (κ1) is 16.4. The number of hydrogen-bond donors (Lipinski definition) is 3. The average molecular weight is 344 g/mol. The van der Waals surface area contributed by atoms with Crippen molar-refractivity contribution in [2.24, 2.45) is 0 Å². The van der Waals surface area contributed by atoms with Gasteiger partial charge < -0.3 is 25.0 Å². The normalized spacial score (nSPS) is 10.7. The maximum atomic E-state index is 11.8. The summed E-state index contributed by atoms with van der Waals surface area (Å²) in [6.45, 7) is 0.326. The molecule has 0 saturated carbocycles. The number of rotatable bonds is 7. The Kier molecular flexibility index (Phi) is 4.88. The van der Waals surface area contributed by atoms with Gasteiger partial charge in [0.1, 0.15) is 11.6 Å². The predicted octanol–water partition coefficient (Wildman–Crippen LogP) is 0.287. The number of hydrogen-bond acceptors (Lipinski definition) is 8. The van der Waals surface area contributed by atoms with Crippen LogP contribution < -0.4 is 16.6 Å². The Morgan fingerprint density at radius 3 is 2.96 bits per heavy atom. The smallest absolute Gasteiger partial charge is 0.252 e. The number of anilines is 1. The number of carbonyl (C=O) groups excluding carboxylic acids is 1. The number of amides is 1. The SMILES string of the molecule is Nc1cc(=O)[nH]c(CCNC(=O)CCc2nc(-c3ccco3)no2)n1. The molecule has 0 aliphatic carbocycles. The van der Waals surface area contributed by atoms with Crippen molar-refractivity contribution < 1.29 is 13.7 Å². The molecule has 0 spiro atoms. The van der Waals surface area contributed by atoms with Crippen LogP contribution in [0, 0.1) is 0 Å². The van der Waals surface area contributed by atoms with Gasteiger partial charge in [0.2, 0.25) is 17.6 Å². The van der Waals surface area contributed by atoms with E-state index >= 15 is 0 Å². The minimum absolute atomic E-state index is 0.147. The summed E-state index contributed by atoms with van der Waals surface area (Å²) in [5.74, 6) is 1.59. The number of nitrogens with one attached hydrogen (secondary N) is 2. The monoisotopic (exact) mass is 344 g/mol. The molecule has 10 heteroatoms. The van der Waals surface area contributed by atoms with Gasteiger partial charge in [0.05, 0.1) is 6.26 Å². The van der Waals surface area contributed by atoms with Crippen molar-refractivity contribution in [3.63, 3.8) is 0 Å². The van der Waals surface area contributed by atoms with Gasteiger partial charge in [0.15, 0.2) is 5.76 Å². The average Bonchev–Trinajstić information content (AvgIpc) is 3.23. The molecule has 3 aromatic heterocycles. The third-order valence-electron chi connectivity index (χ3n) is 3.27. The lowest BCUT2D eigenvalue weighted by molar-refractivity contribution is -0.121. The first-order chi connectivity index (χ1) is 12.1. The van der Waals surface area contributed by atoms with E-state index in [2.05, 4.69) is 25.4 Å². The fraction of sp³-hybridized carbons (Fsp3) is 0.267. The lowest BCUT2D eigenvalue weighted by Gasteiger charge is -2.04. The molecule has 0 aliphatic heterocycles. The summed E-state index contributed by atoms with van der Waals surface area (Å²) >= 11 is 0. The zero-order chi connectivity index (χ0) is 17.6. The molecule has 0 radical (unpaired) electrons. The van der Waals surface area contributed by atoms with Crippen LogP contribution in [0.2, 0.25) is 0 Å². The van der Waals surface area contributed by atoms with E-state index in [1.54, 1.807) is 12.1 Å². The number of furan rings is 1. The number of aryl methyl sites for hydroxylation is 1. The van der Waals surface area contributed by atoms with Crippen LogP contribution in [0.3, 0.4) is 0 Å². The molecule has 3 rings (SSSR count). The molecule has 0 aromatic carbocycles. The Balaban J connectivity index is 1.43. The highest BCUT2D eigenvalue weighted by molar-refractivity contribution is 5.76. The summed E-state index contributed by atoms with van der Waals surface area (Å²) in [7, 11) is 0. The Labute approximate surface area is 141 Å². The first-order valence-corrected chi connectivity index (χ1v) is 7.59. The zero-order valence-corrected chi connectivity index (χ0v) is 13.2. The van der Waals surface area contributed by atoms with Gasteiger partial charge >= 0.3 is 0 Å². The summed E-state index contributed by atoms with van der Waals surface area (Å²) in [6.07, 6.45) is 2.39. The molecule has 0 bridgehead atoms. The second-order valence-electron chi connectivity index (χ2n) is 5.21. The largest absolute Gasteiger partial charge is 0.461 e. The maximum Gasteiger partial charge on any atom is 0.252 e. The van der Waals surface area contributed by atoms with Crippen LogP contribution >= 0.6 is 0 Å². The van der Waals surface area contributed by atoms with E-state index < -0.39 is 0 Å². The summed E-state index contributed by atoms with van der Waals surface area (Å²) in [4.78, 5) is 33.8. The molecular weight excluding hydrogens is 328 g/mol. The molecule has 0 atom stereocenters. The van der Waals surface area contributed by atoms with E-state index in [1.165, 1.54) is 12.3 Å². The van der Waals surface area contributed by atoms with Crippen molar-refractivity contribution in [1.82, 2.24) is 25.4 Å². The highest BCUT2D eigenvalue weighted by Crippen LogP contribution is 2.16. The molecule has 0 saturated heterocycles. The number of nitrogens with two attached hydrogens (primary N) is 1. The Morgan fingerprint density at radius 2 is 2.20 bits per heavy atom. The number of nitrogen functional groups attached to an aromatic ring is 1. The number of aromatic amines is 1. The third-order valence-corrected chi connectivity index (χ3v) is 3.27. The lowest BCUT2D eigenvalue weighted by atomic mass is 10.3. The number of carbonyl (C=O) groups is 1. The minimum Gasteiger partial charge on any atom is -0.461 e. The topological polar surface area (TPSA) is 153 Å². The molecule has 0 aliphatic rings. The molecule has 130 valence electrons. The molecule has 25 heavy (non-hydrogen) atoms. The van der Waals surface area contributed by atoms with Crippen LogP contribution in [0.15, 0.2) is 38.2 Å². The van der Waals surface area contributed by atoms with Crippen LogP contribution in [0.1, 0.15) is 18.1 Å². The molecule has 3 heterocycles.